The lowest BCUT2D eigenvalue weighted by Gasteiger charge is -2.15. The summed E-state index contributed by atoms with van der Waals surface area (Å²) in [7, 11) is 5.79. The summed E-state index contributed by atoms with van der Waals surface area (Å²) in [5.74, 6) is 4.02. The fourth-order valence-corrected chi connectivity index (χ4v) is 3.07. The standard InChI is InChI=1S/C20H26N6OS/c1-25(2)14-18-9-10-19(27-18)15-28-12-11-22-20(23-16-21)26(3)24-13-17-7-5-4-6-8-17/h4-10,13H,11-12,14-15H2,1-3H3,(H,22,23). The smallest absolute Gasteiger partial charge is 0.230 e. The van der Waals surface area contributed by atoms with E-state index in [1.54, 1.807) is 30.0 Å². The Morgan fingerprint density at radius 2 is 1.93 bits per heavy atom. The molecule has 0 aliphatic rings. The third-order valence-electron chi connectivity index (χ3n) is 3.61. The Labute approximate surface area is 170 Å². The van der Waals surface area contributed by atoms with Crippen LogP contribution < -0.4 is 5.32 Å². The van der Waals surface area contributed by atoms with E-state index in [1.165, 1.54) is 0 Å². The van der Waals surface area contributed by atoms with Crippen molar-refractivity contribution in [2.24, 2.45) is 10.1 Å². The summed E-state index contributed by atoms with van der Waals surface area (Å²) >= 11 is 1.76. The van der Waals surface area contributed by atoms with Gasteiger partial charge in [-0.25, -0.2) is 5.01 Å². The van der Waals surface area contributed by atoms with Crippen LogP contribution in [0, 0.1) is 11.5 Å². The number of hydrazone groups is 1. The number of benzene rings is 1. The van der Waals surface area contributed by atoms with Crippen molar-refractivity contribution in [3.05, 3.63) is 59.5 Å². The van der Waals surface area contributed by atoms with E-state index in [2.05, 4.69) is 20.3 Å². The van der Waals surface area contributed by atoms with Gasteiger partial charge in [0, 0.05) is 19.3 Å². The molecule has 0 bridgehead atoms. The number of thioether (sulfide) groups is 1. The van der Waals surface area contributed by atoms with Crippen molar-refractivity contribution in [2.75, 3.05) is 33.4 Å². The van der Waals surface area contributed by atoms with Crippen molar-refractivity contribution in [3.8, 4) is 6.19 Å². The van der Waals surface area contributed by atoms with E-state index in [0.717, 1.165) is 35.1 Å². The Bertz CT molecular complexity index is 810. The molecule has 0 atom stereocenters. The van der Waals surface area contributed by atoms with Crippen molar-refractivity contribution in [2.45, 2.75) is 12.3 Å². The zero-order valence-electron chi connectivity index (χ0n) is 16.5. The lowest BCUT2D eigenvalue weighted by Crippen LogP contribution is -2.37. The van der Waals surface area contributed by atoms with Crippen LogP contribution in [0.5, 0.6) is 0 Å². The number of nitrogens with one attached hydrogen (secondary N) is 1. The molecule has 2 rings (SSSR count). The summed E-state index contributed by atoms with van der Waals surface area (Å²) in [6, 6.07) is 13.8. The molecule has 0 amide bonds. The second-order valence-corrected chi connectivity index (χ2v) is 7.40. The zero-order chi connectivity index (χ0) is 20.2. The molecule has 0 saturated heterocycles. The van der Waals surface area contributed by atoms with Crippen LogP contribution in [-0.2, 0) is 12.3 Å². The molecule has 0 fully saturated rings. The maximum absolute atomic E-state index is 8.91. The predicted octanol–water partition coefficient (Wildman–Crippen LogP) is 2.97. The van der Waals surface area contributed by atoms with E-state index in [4.69, 9.17) is 9.68 Å². The van der Waals surface area contributed by atoms with Crippen LogP contribution in [0.3, 0.4) is 0 Å². The summed E-state index contributed by atoms with van der Waals surface area (Å²) in [6.45, 7) is 1.47. The third-order valence-corrected chi connectivity index (χ3v) is 4.59. The average Bonchev–Trinajstić information content (AvgIpc) is 3.12. The average molecular weight is 399 g/mol. The van der Waals surface area contributed by atoms with Gasteiger partial charge >= 0.3 is 0 Å². The van der Waals surface area contributed by atoms with E-state index < -0.39 is 0 Å². The molecule has 0 spiro atoms. The second kappa shape index (κ2) is 11.8. The molecule has 0 radical (unpaired) electrons. The Morgan fingerprint density at radius 3 is 2.64 bits per heavy atom. The summed E-state index contributed by atoms with van der Waals surface area (Å²) < 4.78 is 5.80. The molecule has 1 N–H and O–H groups in total. The van der Waals surface area contributed by atoms with Crippen molar-refractivity contribution in [3.63, 3.8) is 0 Å². The molecule has 7 nitrogen and oxygen atoms in total. The van der Waals surface area contributed by atoms with Crippen LogP contribution in [-0.4, -0.2) is 55.5 Å². The molecule has 0 unspecified atom stereocenters. The Morgan fingerprint density at radius 1 is 1.18 bits per heavy atom. The van der Waals surface area contributed by atoms with Gasteiger partial charge in [-0.15, -0.1) is 4.99 Å². The molecule has 1 aromatic carbocycles. The highest BCUT2D eigenvalue weighted by atomic mass is 32.2. The normalized spacial score (nSPS) is 11.8. The third kappa shape index (κ3) is 7.86. The molecule has 0 aliphatic heterocycles. The van der Waals surface area contributed by atoms with Crippen molar-refractivity contribution < 1.29 is 4.42 Å². The number of rotatable bonds is 9. The molecule has 8 heteroatoms. The number of hydrogen-bond donors (Lipinski definition) is 1. The van der Waals surface area contributed by atoms with Crippen molar-refractivity contribution >= 4 is 23.9 Å². The predicted molar refractivity (Wildman–Crippen MR) is 115 cm³/mol. The highest BCUT2D eigenvalue weighted by Gasteiger charge is 2.06. The zero-order valence-corrected chi connectivity index (χ0v) is 17.3. The van der Waals surface area contributed by atoms with Gasteiger partial charge in [-0.2, -0.15) is 22.1 Å². The van der Waals surface area contributed by atoms with Crippen LogP contribution in [0.25, 0.3) is 0 Å². The van der Waals surface area contributed by atoms with Gasteiger partial charge in [0.05, 0.1) is 18.5 Å². The number of nitriles is 1. The fourth-order valence-electron chi connectivity index (χ4n) is 2.33. The van der Waals surface area contributed by atoms with Crippen LogP contribution in [0.4, 0.5) is 0 Å². The van der Waals surface area contributed by atoms with Gasteiger partial charge in [0.2, 0.25) is 12.2 Å². The summed E-state index contributed by atoms with van der Waals surface area (Å²) in [5, 5.41) is 17.9. The van der Waals surface area contributed by atoms with E-state index in [9.17, 15) is 0 Å². The van der Waals surface area contributed by atoms with Crippen LogP contribution in [0.1, 0.15) is 17.1 Å². The van der Waals surface area contributed by atoms with Crippen molar-refractivity contribution in [1.29, 1.82) is 5.26 Å². The number of nitrogens with zero attached hydrogens (tertiary/aromatic N) is 5. The minimum Gasteiger partial charge on any atom is -0.464 e. The lowest BCUT2D eigenvalue weighted by molar-refractivity contribution is 0.344. The molecule has 1 aromatic heterocycles. The molecule has 0 aliphatic carbocycles. The van der Waals surface area contributed by atoms with Gasteiger partial charge in [0.15, 0.2) is 0 Å². The summed E-state index contributed by atoms with van der Waals surface area (Å²) in [6.07, 6.45) is 3.54. The van der Waals surface area contributed by atoms with Crippen molar-refractivity contribution in [1.82, 2.24) is 15.2 Å². The maximum atomic E-state index is 8.91. The van der Waals surface area contributed by atoms with Gasteiger partial charge in [-0.05, 0) is 31.8 Å². The number of hydrogen-bond acceptors (Lipinski definition) is 6. The van der Waals surface area contributed by atoms with E-state index in [-0.39, 0.29) is 0 Å². The van der Waals surface area contributed by atoms with Gasteiger partial charge < -0.3 is 14.6 Å². The maximum Gasteiger partial charge on any atom is 0.230 e. The first kappa shape index (κ1) is 21.5. The van der Waals surface area contributed by atoms with Crippen LogP contribution in [0.2, 0.25) is 0 Å². The highest BCUT2D eigenvalue weighted by Crippen LogP contribution is 2.15. The lowest BCUT2D eigenvalue weighted by atomic mass is 10.2. The van der Waals surface area contributed by atoms with E-state index in [0.29, 0.717) is 12.5 Å². The molecule has 0 saturated carbocycles. The first-order valence-corrected chi connectivity index (χ1v) is 10.1. The first-order valence-electron chi connectivity index (χ1n) is 8.92. The SMILES string of the molecule is CN(C)Cc1ccc(CSCCNC(=NC#N)N(C)N=Cc2ccccc2)o1. The topological polar surface area (TPSA) is 80.2 Å². The summed E-state index contributed by atoms with van der Waals surface area (Å²) in [4.78, 5) is 5.89. The second-order valence-electron chi connectivity index (χ2n) is 6.30. The molecule has 2 aromatic rings. The molecular weight excluding hydrogens is 372 g/mol. The van der Waals surface area contributed by atoms with Gasteiger partial charge in [0.25, 0.3) is 0 Å². The quantitative estimate of drug-likeness (QED) is 0.230. The van der Waals surface area contributed by atoms with Gasteiger partial charge in [0.1, 0.15) is 11.5 Å². The van der Waals surface area contributed by atoms with Gasteiger partial charge in [-0.1, -0.05) is 30.3 Å². The van der Waals surface area contributed by atoms with Crippen LogP contribution >= 0.6 is 11.8 Å². The number of furan rings is 1. The van der Waals surface area contributed by atoms with Gasteiger partial charge in [-0.3, -0.25) is 0 Å². The Balaban J connectivity index is 1.74. The molecule has 148 valence electrons. The monoisotopic (exact) mass is 398 g/mol. The van der Waals surface area contributed by atoms with E-state index >= 15 is 0 Å². The number of aliphatic imine (C=N–C) groups is 1. The molecule has 1 heterocycles. The van der Waals surface area contributed by atoms with E-state index in [1.807, 2.05) is 62.8 Å². The Hall–Kier alpha value is -2.76. The van der Waals surface area contributed by atoms with Crippen LogP contribution in [0.15, 0.2) is 57.0 Å². The Kier molecular flexibility index (Phi) is 9.11. The molecule has 28 heavy (non-hydrogen) atoms. The summed E-state index contributed by atoms with van der Waals surface area (Å²) in [5.41, 5.74) is 0.980. The minimum absolute atomic E-state index is 0.418. The fraction of sp³-hybridized carbons (Fsp3) is 0.350. The minimum atomic E-state index is 0.418. The largest absolute Gasteiger partial charge is 0.464 e. The number of guanidine groups is 1. The first-order chi connectivity index (χ1) is 13.6. The highest BCUT2D eigenvalue weighted by molar-refractivity contribution is 7.98. The molecular formula is C20H26N6OS.